The van der Waals surface area contributed by atoms with Gasteiger partial charge in [-0.3, -0.25) is 4.79 Å². The van der Waals surface area contributed by atoms with Gasteiger partial charge in [-0.1, -0.05) is 24.3 Å². The molecule has 128 valence electrons. The van der Waals surface area contributed by atoms with Gasteiger partial charge in [0.25, 0.3) is 0 Å². The van der Waals surface area contributed by atoms with E-state index in [4.69, 9.17) is 0 Å². The van der Waals surface area contributed by atoms with Gasteiger partial charge in [-0.25, -0.2) is 17.2 Å². The van der Waals surface area contributed by atoms with E-state index in [1.165, 1.54) is 18.2 Å². The van der Waals surface area contributed by atoms with Gasteiger partial charge in [-0.05, 0) is 37.6 Å². The molecule has 1 N–H and O–H groups in total. The highest BCUT2D eigenvalue weighted by molar-refractivity contribution is 7.92. The molecule has 0 aliphatic carbocycles. The predicted octanol–water partition coefficient (Wildman–Crippen LogP) is 2.49. The summed E-state index contributed by atoms with van der Waals surface area (Å²) in [6.07, 6.45) is -0.0738. The van der Waals surface area contributed by atoms with Crippen molar-refractivity contribution < 1.29 is 22.0 Å². The van der Waals surface area contributed by atoms with E-state index < -0.39 is 39.2 Å². The Morgan fingerprint density at radius 1 is 1.04 bits per heavy atom. The van der Waals surface area contributed by atoms with Gasteiger partial charge in [0, 0.05) is 11.6 Å². The number of hydrogen-bond donors (Lipinski definition) is 1. The molecule has 7 heteroatoms. The van der Waals surface area contributed by atoms with Gasteiger partial charge in [0.15, 0.2) is 9.84 Å². The summed E-state index contributed by atoms with van der Waals surface area (Å²) in [6, 6.07) is 10.5. The minimum absolute atomic E-state index is 0.0490. The van der Waals surface area contributed by atoms with Crippen LogP contribution in [0.25, 0.3) is 0 Å². The molecule has 0 spiro atoms. The molecule has 1 amide bonds. The van der Waals surface area contributed by atoms with E-state index in [2.05, 4.69) is 5.32 Å². The first kappa shape index (κ1) is 18.1. The number of sulfone groups is 1. The van der Waals surface area contributed by atoms with E-state index in [1.807, 2.05) is 0 Å². The minimum Gasteiger partial charge on any atom is -0.352 e. The van der Waals surface area contributed by atoms with E-state index >= 15 is 0 Å². The van der Waals surface area contributed by atoms with E-state index in [0.717, 1.165) is 12.1 Å². The maximum Gasteiger partial charge on any atom is 0.235 e. The summed E-state index contributed by atoms with van der Waals surface area (Å²) in [7, 11) is -3.75. The molecule has 0 aliphatic rings. The van der Waals surface area contributed by atoms with Crippen LogP contribution in [-0.4, -0.2) is 26.1 Å². The van der Waals surface area contributed by atoms with Crippen LogP contribution in [-0.2, 0) is 21.1 Å². The molecule has 0 saturated heterocycles. The Morgan fingerprint density at radius 3 is 2.21 bits per heavy atom. The first-order valence-electron chi connectivity index (χ1n) is 7.29. The third kappa shape index (κ3) is 4.61. The van der Waals surface area contributed by atoms with Crippen molar-refractivity contribution in [2.24, 2.45) is 0 Å². The van der Waals surface area contributed by atoms with Crippen LogP contribution in [0.5, 0.6) is 0 Å². The number of carbonyl (C=O) groups excluding carboxylic acids is 1. The average molecular weight is 353 g/mol. The first-order chi connectivity index (χ1) is 11.3. The third-order valence-electron chi connectivity index (χ3n) is 3.40. The fourth-order valence-corrected chi connectivity index (χ4v) is 3.45. The lowest BCUT2D eigenvalue weighted by molar-refractivity contribution is -0.119. The molecule has 0 radical (unpaired) electrons. The van der Waals surface area contributed by atoms with Crippen LogP contribution in [0, 0.1) is 11.6 Å². The zero-order chi connectivity index (χ0) is 17.7. The monoisotopic (exact) mass is 353 g/mol. The number of nitrogens with one attached hydrogen (secondary N) is 1. The largest absolute Gasteiger partial charge is 0.352 e. The molecule has 2 aromatic carbocycles. The van der Waals surface area contributed by atoms with Crippen molar-refractivity contribution >= 4 is 15.7 Å². The molecule has 0 saturated carbocycles. The second kappa shape index (κ2) is 7.53. The highest BCUT2D eigenvalue weighted by atomic mass is 32.2. The van der Waals surface area contributed by atoms with Gasteiger partial charge in [0.2, 0.25) is 5.91 Å². The van der Waals surface area contributed by atoms with Gasteiger partial charge in [-0.2, -0.15) is 0 Å². The zero-order valence-corrected chi connectivity index (χ0v) is 13.8. The Balaban J connectivity index is 2.00. The van der Waals surface area contributed by atoms with Gasteiger partial charge < -0.3 is 5.32 Å². The second-order valence-corrected chi connectivity index (χ2v) is 7.43. The summed E-state index contributed by atoms with van der Waals surface area (Å²) in [5.41, 5.74) is -0.142. The van der Waals surface area contributed by atoms with Gasteiger partial charge in [-0.15, -0.1) is 0 Å². The number of hydrogen-bond acceptors (Lipinski definition) is 3. The first-order valence-corrected chi connectivity index (χ1v) is 8.95. The van der Waals surface area contributed by atoms with Gasteiger partial charge >= 0.3 is 0 Å². The Hall–Kier alpha value is -2.28. The smallest absolute Gasteiger partial charge is 0.235 e. The Labute approximate surface area is 139 Å². The molecule has 1 atom stereocenters. The van der Waals surface area contributed by atoms with Crippen LogP contribution in [0.2, 0.25) is 0 Å². The van der Waals surface area contributed by atoms with Crippen LogP contribution >= 0.6 is 0 Å². The summed E-state index contributed by atoms with van der Waals surface area (Å²) in [6.45, 7) is 1.55. The fourth-order valence-electron chi connectivity index (χ4n) is 2.28. The van der Waals surface area contributed by atoms with Crippen LogP contribution in [0.1, 0.15) is 12.5 Å². The molecule has 24 heavy (non-hydrogen) atoms. The van der Waals surface area contributed by atoms with Crippen molar-refractivity contribution in [2.45, 2.75) is 24.3 Å². The predicted molar refractivity (Wildman–Crippen MR) is 86.2 cm³/mol. The number of carbonyl (C=O) groups is 1. The summed E-state index contributed by atoms with van der Waals surface area (Å²) >= 11 is 0. The van der Waals surface area contributed by atoms with Crippen LogP contribution in [0.3, 0.4) is 0 Å². The molecule has 0 aromatic heterocycles. The van der Waals surface area contributed by atoms with Crippen LogP contribution < -0.4 is 5.32 Å². The van der Waals surface area contributed by atoms with E-state index in [1.54, 1.807) is 25.1 Å². The van der Waals surface area contributed by atoms with Gasteiger partial charge in [0.05, 0.1) is 4.90 Å². The van der Waals surface area contributed by atoms with Crippen LogP contribution in [0.4, 0.5) is 8.78 Å². The summed E-state index contributed by atoms with van der Waals surface area (Å²) in [5.74, 6) is -2.84. The van der Waals surface area contributed by atoms with E-state index in [0.29, 0.717) is 0 Å². The van der Waals surface area contributed by atoms with Crippen molar-refractivity contribution in [2.75, 3.05) is 5.75 Å². The van der Waals surface area contributed by atoms with E-state index in [9.17, 15) is 22.0 Å². The lowest BCUT2D eigenvalue weighted by Crippen LogP contribution is -2.38. The Kier molecular flexibility index (Phi) is 5.66. The molecule has 2 rings (SSSR count). The molecular formula is C17H17F2NO3S. The third-order valence-corrected chi connectivity index (χ3v) is 5.04. The van der Waals surface area contributed by atoms with Crippen molar-refractivity contribution in [1.82, 2.24) is 5.32 Å². The van der Waals surface area contributed by atoms with Gasteiger partial charge in [0.1, 0.15) is 17.4 Å². The number of amides is 1. The standard InChI is InChI=1S/C17H17F2NO3S/c1-12(10-14-15(18)8-5-9-16(14)19)20-17(21)11-24(22,23)13-6-3-2-4-7-13/h2-9,12H,10-11H2,1H3,(H,20,21). The highest BCUT2D eigenvalue weighted by Gasteiger charge is 2.21. The number of rotatable bonds is 6. The summed E-state index contributed by atoms with van der Waals surface area (Å²) < 4.78 is 51.4. The maximum atomic E-state index is 13.6. The molecule has 0 aliphatic heterocycles. The van der Waals surface area contributed by atoms with E-state index in [-0.39, 0.29) is 16.9 Å². The Bertz CT molecular complexity index is 803. The molecule has 1 unspecified atom stereocenters. The quantitative estimate of drug-likeness (QED) is 0.868. The molecule has 0 fully saturated rings. The maximum absolute atomic E-state index is 13.6. The second-order valence-electron chi connectivity index (χ2n) is 5.45. The SMILES string of the molecule is CC(Cc1c(F)cccc1F)NC(=O)CS(=O)(=O)c1ccccc1. The van der Waals surface area contributed by atoms with Crippen molar-refractivity contribution in [3.63, 3.8) is 0 Å². The summed E-state index contributed by atoms with van der Waals surface area (Å²) in [5, 5.41) is 2.46. The Morgan fingerprint density at radius 2 is 1.62 bits per heavy atom. The average Bonchev–Trinajstić information content (AvgIpc) is 2.51. The summed E-state index contributed by atoms with van der Waals surface area (Å²) in [4.78, 5) is 12.0. The van der Waals surface area contributed by atoms with Crippen molar-refractivity contribution in [3.05, 3.63) is 65.7 Å². The number of halogens is 2. The number of benzene rings is 2. The zero-order valence-electron chi connectivity index (χ0n) is 13.0. The molecule has 0 bridgehead atoms. The minimum atomic E-state index is -3.75. The lowest BCUT2D eigenvalue weighted by Gasteiger charge is -2.15. The molecule has 2 aromatic rings. The van der Waals surface area contributed by atoms with Crippen molar-refractivity contribution in [1.29, 1.82) is 0 Å². The molecular weight excluding hydrogens is 336 g/mol. The topological polar surface area (TPSA) is 63.2 Å². The molecule has 4 nitrogen and oxygen atoms in total. The van der Waals surface area contributed by atoms with Crippen LogP contribution in [0.15, 0.2) is 53.4 Å². The fraction of sp³-hybridized carbons (Fsp3) is 0.235. The normalized spacial score (nSPS) is 12.6. The van der Waals surface area contributed by atoms with Crippen molar-refractivity contribution in [3.8, 4) is 0 Å². The lowest BCUT2D eigenvalue weighted by atomic mass is 10.1. The molecule has 0 heterocycles. The highest BCUT2D eigenvalue weighted by Crippen LogP contribution is 2.14.